The Balaban J connectivity index is 3.49. The molecule has 0 aromatic carbocycles. The van der Waals surface area contributed by atoms with Crippen molar-refractivity contribution in [2.24, 2.45) is 0 Å². The highest BCUT2D eigenvalue weighted by atomic mass is 31.2. The molecule has 0 radical (unpaired) electrons. The lowest BCUT2D eigenvalue weighted by Crippen LogP contribution is -2.27. The van der Waals surface area contributed by atoms with Crippen molar-refractivity contribution >= 4 is 19.7 Å². The quantitative estimate of drug-likeness (QED) is 0.0313. The molecule has 0 heterocycles. The number of aliphatic hydroxyl groups is 1. The highest BCUT2D eigenvalue weighted by Crippen LogP contribution is 2.42. The van der Waals surface area contributed by atoms with Crippen LogP contribution in [0.1, 0.15) is 271 Å². The summed E-state index contributed by atoms with van der Waals surface area (Å²) < 4.78 is 27.0. The maximum absolute atomic E-state index is 12.1. The minimum atomic E-state index is -4.41. The van der Waals surface area contributed by atoms with E-state index in [2.05, 4.69) is 19.2 Å². The summed E-state index contributed by atoms with van der Waals surface area (Å²) in [5.41, 5.74) is 0. The molecule has 59 heavy (non-hydrogen) atoms. The van der Waals surface area contributed by atoms with Crippen molar-refractivity contribution in [2.45, 2.75) is 277 Å². The van der Waals surface area contributed by atoms with Crippen LogP contribution in [0.5, 0.6) is 0 Å². The van der Waals surface area contributed by atoms with Crippen molar-refractivity contribution in [1.82, 2.24) is 5.32 Å². The number of unbranched alkanes of at least 4 members (excludes halogenated alkanes) is 36. The van der Waals surface area contributed by atoms with Crippen LogP contribution in [0.2, 0.25) is 0 Å². The molecule has 3 N–H and O–H groups in total. The molecule has 352 valence electrons. The SMILES string of the molecule is CCCCCCCCCCCCCCCCCCCCCCCCCC(=O)NCCOP(=O)(O)OCC(O)COC(=O)CCCCCCCCCCCCCCCCC. The minimum Gasteiger partial charge on any atom is -0.463 e. The van der Waals surface area contributed by atoms with E-state index in [4.69, 9.17) is 13.8 Å². The summed E-state index contributed by atoms with van der Waals surface area (Å²) in [6, 6.07) is 0. The summed E-state index contributed by atoms with van der Waals surface area (Å²) in [6.45, 7) is 3.62. The maximum Gasteiger partial charge on any atom is 0.472 e. The van der Waals surface area contributed by atoms with Gasteiger partial charge in [0.25, 0.3) is 0 Å². The van der Waals surface area contributed by atoms with Crippen molar-refractivity contribution in [3.05, 3.63) is 0 Å². The van der Waals surface area contributed by atoms with Gasteiger partial charge in [0.2, 0.25) is 5.91 Å². The van der Waals surface area contributed by atoms with E-state index in [1.807, 2.05) is 0 Å². The standard InChI is InChI=1S/C49H98NO8P/c1-3-5-7-9-11-13-15-17-19-20-21-22-23-24-25-26-28-29-31-33-35-37-39-41-48(52)50-43-44-57-59(54,55)58-46-47(51)45-56-49(53)42-40-38-36-34-32-30-27-18-16-14-12-10-8-6-4-2/h47,51H,3-46H2,1-2H3,(H,50,52)(H,54,55). The number of aliphatic hydroxyl groups excluding tert-OH is 1. The number of carbonyl (C=O) groups excluding carboxylic acids is 2. The van der Waals surface area contributed by atoms with Gasteiger partial charge >= 0.3 is 13.8 Å². The number of ether oxygens (including phenoxy) is 1. The number of phosphoric ester groups is 1. The molecule has 2 unspecified atom stereocenters. The van der Waals surface area contributed by atoms with E-state index >= 15 is 0 Å². The van der Waals surface area contributed by atoms with Gasteiger partial charge in [0, 0.05) is 19.4 Å². The van der Waals surface area contributed by atoms with Crippen molar-refractivity contribution in [1.29, 1.82) is 0 Å². The van der Waals surface area contributed by atoms with Crippen LogP contribution in [0, 0.1) is 0 Å². The molecule has 0 fully saturated rings. The molecule has 0 aromatic heterocycles. The Morgan fingerprint density at radius 3 is 1.10 bits per heavy atom. The smallest absolute Gasteiger partial charge is 0.463 e. The molecule has 0 aliphatic rings. The Kier molecular flexibility index (Phi) is 45.7. The summed E-state index contributed by atoms with van der Waals surface area (Å²) in [6.07, 6.45) is 49.0. The van der Waals surface area contributed by atoms with E-state index in [-0.39, 0.29) is 25.7 Å². The van der Waals surface area contributed by atoms with E-state index in [0.29, 0.717) is 12.8 Å². The molecule has 0 bridgehead atoms. The monoisotopic (exact) mass is 860 g/mol. The highest BCUT2D eigenvalue weighted by Gasteiger charge is 2.23. The number of hydrogen-bond acceptors (Lipinski definition) is 7. The van der Waals surface area contributed by atoms with E-state index in [9.17, 15) is 24.2 Å². The van der Waals surface area contributed by atoms with Crippen LogP contribution in [0.3, 0.4) is 0 Å². The van der Waals surface area contributed by atoms with Crippen molar-refractivity contribution in [3.63, 3.8) is 0 Å². The second-order valence-corrected chi connectivity index (χ2v) is 19.0. The molecule has 0 spiro atoms. The van der Waals surface area contributed by atoms with Crippen LogP contribution in [-0.4, -0.2) is 54.3 Å². The number of esters is 1. The molecule has 0 aliphatic carbocycles. The molecule has 0 rings (SSSR count). The van der Waals surface area contributed by atoms with Gasteiger partial charge < -0.3 is 20.1 Å². The van der Waals surface area contributed by atoms with Crippen molar-refractivity contribution in [3.8, 4) is 0 Å². The third-order valence-electron chi connectivity index (χ3n) is 11.5. The first-order valence-corrected chi connectivity index (χ1v) is 27.0. The van der Waals surface area contributed by atoms with Crippen LogP contribution < -0.4 is 5.32 Å². The zero-order chi connectivity index (χ0) is 43.2. The van der Waals surface area contributed by atoms with Crippen LogP contribution in [0.25, 0.3) is 0 Å². The first-order valence-electron chi connectivity index (χ1n) is 25.5. The van der Waals surface area contributed by atoms with Crippen molar-refractivity contribution < 1.29 is 37.9 Å². The fourth-order valence-electron chi connectivity index (χ4n) is 7.68. The van der Waals surface area contributed by atoms with Crippen LogP contribution >= 0.6 is 7.82 Å². The molecule has 0 saturated carbocycles. The number of nitrogens with one attached hydrogen (secondary N) is 1. The molecule has 2 atom stereocenters. The molecule has 10 heteroatoms. The van der Waals surface area contributed by atoms with Gasteiger partial charge in [0.05, 0.1) is 13.2 Å². The average Bonchev–Trinajstić information content (AvgIpc) is 3.22. The fourth-order valence-corrected chi connectivity index (χ4v) is 8.44. The zero-order valence-corrected chi connectivity index (χ0v) is 39.9. The van der Waals surface area contributed by atoms with E-state index in [1.165, 1.54) is 205 Å². The van der Waals surface area contributed by atoms with Gasteiger partial charge in [0.15, 0.2) is 0 Å². The summed E-state index contributed by atoms with van der Waals surface area (Å²) >= 11 is 0. The second-order valence-electron chi connectivity index (χ2n) is 17.5. The molecular formula is C49H98NO8P. The Labute approximate surface area is 365 Å². The van der Waals surface area contributed by atoms with Gasteiger partial charge in [-0.25, -0.2) is 4.57 Å². The van der Waals surface area contributed by atoms with E-state index < -0.39 is 26.5 Å². The first kappa shape index (κ1) is 58.0. The molecule has 0 saturated heterocycles. The van der Waals surface area contributed by atoms with Gasteiger partial charge in [-0.2, -0.15) is 0 Å². The Bertz CT molecular complexity index is 938. The topological polar surface area (TPSA) is 131 Å². The number of carbonyl (C=O) groups is 2. The van der Waals surface area contributed by atoms with Crippen LogP contribution in [0.15, 0.2) is 0 Å². The van der Waals surface area contributed by atoms with E-state index in [0.717, 1.165) is 38.5 Å². The second kappa shape index (κ2) is 46.5. The minimum absolute atomic E-state index is 0.0889. The lowest BCUT2D eigenvalue weighted by Gasteiger charge is -2.15. The normalized spacial score (nSPS) is 13.1. The molecular weight excluding hydrogens is 762 g/mol. The summed E-state index contributed by atoms with van der Waals surface area (Å²) in [5.74, 6) is -0.499. The van der Waals surface area contributed by atoms with Gasteiger partial charge in [-0.15, -0.1) is 0 Å². The predicted octanol–water partition coefficient (Wildman–Crippen LogP) is 14.8. The Morgan fingerprint density at radius 1 is 0.458 bits per heavy atom. The molecule has 9 nitrogen and oxygen atoms in total. The van der Waals surface area contributed by atoms with E-state index in [1.54, 1.807) is 0 Å². The largest absolute Gasteiger partial charge is 0.472 e. The third kappa shape index (κ3) is 47.9. The molecule has 0 aromatic rings. The first-order chi connectivity index (χ1) is 28.8. The average molecular weight is 860 g/mol. The lowest BCUT2D eigenvalue weighted by molar-refractivity contribution is -0.147. The van der Waals surface area contributed by atoms with Gasteiger partial charge in [-0.3, -0.25) is 18.6 Å². The van der Waals surface area contributed by atoms with Gasteiger partial charge in [-0.05, 0) is 12.8 Å². The molecule has 0 aliphatic heterocycles. The number of hydrogen-bond donors (Lipinski definition) is 3. The van der Waals surface area contributed by atoms with Crippen molar-refractivity contribution in [2.75, 3.05) is 26.4 Å². The fraction of sp³-hybridized carbons (Fsp3) is 0.959. The highest BCUT2D eigenvalue weighted by molar-refractivity contribution is 7.47. The lowest BCUT2D eigenvalue weighted by atomic mass is 10.0. The van der Waals surface area contributed by atoms with Crippen LogP contribution in [-0.2, 0) is 27.9 Å². The third-order valence-corrected chi connectivity index (χ3v) is 12.5. The Morgan fingerprint density at radius 2 is 0.763 bits per heavy atom. The van der Waals surface area contributed by atoms with Gasteiger partial charge in [0.1, 0.15) is 12.7 Å². The maximum atomic E-state index is 12.1. The number of amides is 1. The van der Waals surface area contributed by atoms with Crippen LogP contribution in [0.4, 0.5) is 0 Å². The predicted molar refractivity (Wildman–Crippen MR) is 248 cm³/mol. The number of phosphoric acid groups is 1. The van der Waals surface area contributed by atoms with Gasteiger partial charge in [-0.1, -0.05) is 245 Å². The number of rotatable bonds is 49. The zero-order valence-electron chi connectivity index (χ0n) is 39.0. The molecule has 1 amide bonds. The summed E-state index contributed by atoms with van der Waals surface area (Å²) in [7, 11) is -4.41. The Hall–Kier alpha value is -0.990. The summed E-state index contributed by atoms with van der Waals surface area (Å²) in [5, 5.41) is 12.7. The summed E-state index contributed by atoms with van der Waals surface area (Å²) in [4.78, 5) is 34.0.